The number of nitrogens with one attached hydrogen (secondary N) is 2. The normalized spacial score (nSPS) is 19.9. The first-order valence-electron chi connectivity index (χ1n) is 11.3. The van der Waals surface area contributed by atoms with Crippen molar-refractivity contribution in [2.24, 2.45) is 4.99 Å². The molecule has 31 heavy (non-hydrogen) atoms. The van der Waals surface area contributed by atoms with Gasteiger partial charge in [0.2, 0.25) is 0 Å². The average molecular weight is 423 g/mol. The molecule has 0 radical (unpaired) electrons. The van der Waals surface area contributed by atoms with Gasteiger partial charge in [-0.15, -0.1) is 0 Å². The van der Waals surface area contributed by atoms with E-state index < -0.39 is 0 Å². The molecule has 2 aliphatic rings. The Morgan fingerprint density at radius 3 is 2.71 bits per heavy atom. The first-order chi connectivity index (χ1) is 15.3. The summed E-state index contributed by atoms with van der Waals surface area (Å²) in [6, 6.07) is 16.9. The Kier molecular flexibility index (Phi) is 7.30. The van der Waals surface area contributed by atoms with E-state index in [1.807, 2.05) is 25.2 Å². The summed E-state index contributed by atoms with van der Waals surface area (Å²) >= 11 is 0. The van der Waals surface area contributed by atoms with Crippen LogP contribution >= 0.6 is 0 Å². The molecule has 1 fully saturated rings. The lowest BCUT2D eigenvalue weighted by Gasteiger charge is -2.30. The Balaban J connectivity index is 1.40. The Bertz CT molecular complexity index is 879. The Morgan fingerprint density at radius 2 is 1.90 bits per heavy atom. The highest BCUT2D eigenvalue weighted by Gasteiger charge is 2.26. The van der Waals surface area contributed by atoms with Crippen LogP contribution in [0.2, 0.25) is 0 Å². The third-order valence-electron chi connectivity index (χ3n) is 6.36. The fourth-order valence-electron chi connectivity index (χ4n) is 4.69. The molecule has 2 heterocycles. The minimum Gasteiger partial charge on any atom is -0.496 e. The van der Waals surface area contributed by atoms with E-state index in [0.29, 0.717) is 5.92 Å². The van der Waals surface area contributed by atoms with Gasteiger partial charge in [-0.1, -0.05) is 36.4 Å². The summed E-state index contributed by atoms with van der Waals surface area (Å²) in [5.41, 5.74) is 2.51. The second-order valence-electron chi connectivity index (χ2n) is 8.21. The molecule has 0 aliphatic carbocycles. The summed E-state index contributed by atoms with van der Waals surface area (Å²) in [5, 5.41) is 7.11. The topological polar surface area (TPSA) is 58.1 Å². The zero-order valence-electron chi connectivity index (χ0n) is 18.6. The van der Waals surface area contributed by atoms with E-state index >= 15 is 0 Å². The van der Waals surface area contributed by atoms with Gasteiger partial charge in [-0.3, -0.25) is 9.89 Å². The van der Waals surface area contributed by atoms with E-state index in [-0.39, 0.29) is 6.04 Å². The average Bonchev–Trinajstić information content (AvgIpc) is 3.36. The Morgan fingerprint density at radius 1 is 1.13 bits per heavy atom. The molecular formula is C25H34N4O2. The molecule has 2 unspecified atom stereocenters. The van der Waals surface area contributed by atoms with Crippen LogP contribution in [0.1, 0.15) is 42.3 Å². The third-order valence-corrected chi connectivity index (χ3v) is 6.36. The maximum Gasteiger partial charge on any atom is 0.191 e. The summed E-state index contributed by atoms with van der Waals surface area (Å²) in [6.07, 6.45) is 3.52. The van der Waals surface area contributed by atoms with Gasteiger partial charge in [-0.2, -0.15) is 0 Å². The van der Waals surface area contributed by atoms with Crippen molar-refractivity contribution < 1.29 is 9.47 Å². The van der Waals surface area contributed by atoms with Crippen molar-refractivity contribution in [3.05, 3.63) is 59.7 Å². The first-order valence-corrected chi connectivity index (χ1v) is 11.3. The molecule has 1 saturated heterocycles. The van der Waals surface area contributed by atoms with Crippen LogP contribution in [0.15, 0.2) is 53.5 Å². The van der Waals surface area contributed by atoms with Crippen LogP contribution in [-0.4, -0.2) is 57.8 Å². The molecule has 0 amide bonds. The lowest BCUT2D eigenvalue weighted by atomic mass is 9.93. The van der Waals surface area contributed by atoms with Gasteiger partial charge in [0, 0.05) is 31.6 Å². The number of hydrogen-bond donors (Lipinski definition) is 2. The number of nitrogens with zero attached hydrogens (tertiary/aromatic N) is 2. The second-order valence-corrected chi connectivity index (χ2v) is 8.21. The van der Waals surface area contributed by atoms with Crippen LogP contribution < -0.4 is 20.1 Å². The van der Waals surface area contributed by atoms with Gasteiger partial charge in [-0.25, -0.2) is 0 Å². The van der Waals surface area contributed by atoms with Crippen molar-refractivity contribution in [2.45, 2.75) is 31.2 Å². The molecule has 4 rings (SSSR count). The zero-order chi connectivity index (χ0) is 21.5. The number of para-hydroxylation sites is 2. The molecular weight excluding hydrogens is 388 g/mol. The highest BCUT2D eigenvalue weighted by Crippen LogP contribution is 2.33. The lowest BCUT2D eigenvalue weighted by molar-refractivity contribution is 0.239. The third kappa shape index (κ3) is 5.13. The number of benzene rings is 2. The van der Waals surface area contributed by atoms with E-state index in [1.165, 1.54) is 24.0 Å². The van der Waals surface area contributed by atoms with Gasteiger partial charge in [0.25, 0.3) is 0 Å². The summed E-state index contributed by atoms with van der Waals surface area (Å²) in [5.74, 6) is 3.21. The molecule has 2 aromatic rings. The number of rotatable bonds is 7. The molecule has 0 bridgehead atoms. The first kappa shape index (κ1) is 21.5. The maximum atomic E-state index is 5.80. The largest absolute Gasteiger partial charge is 0.496 e. The minimum absolute atomic E-state index is 0.251. The number of fused-ring (bicyclic) bond motifs is 1. The minimum atomic E-state index is 0.251. The van der Waals surface area contributed by atoms with Crippen LogP contribution in [0, 0.1) is 0 Å². The highest BCUT2D eigenvalue weighted by molar-refractivity contribution is 5.79. The predicted octanol–water partition coefficient (Wildman–Crippen LogP) is 3.56. The van der Waals surface area contributed by atoms with Gasteiger partial charge in [0.15, 0.2) is 5.96 Å². The SMILES string of the molecule is CN=C(NCC1CCOc2ccccc21)NCC(c1ccccc1OC)N1CCCC1. The van der Waals surface area contributed by atoms with Crippen LogP contribution in [0.5, 0.6) is 11.5 Å². The van der Waals surface area contributed by atoms with E-state index in [4.69, 9.17) is 9.47 Å². The Labute approximate surface area is 185 Å². The molecule has 0 aromatic heterocycles. The summed E-state index contributed by atoms with van der Waals surface area (Å²) < 4.78 is 11.5. The van der Waals surface area contributed by atoms with E-state index in [0.717, 1.165) is 56.7 Å². The van der Waals surface area contributed by atoms with Crippen molar-refractivity contribution in [3.8, 4) is 11.5 Å². The van der Waals surface area contributed by atoms with Crippen molar-refractivity contribution in [3.63, 3.8) is 0 Å². The van der Waals surface area contributed by atoms with Crippen molar-refractivity contribution in [1.29, 1.82) is 0 Å². The number of ether oxygens (including phenoxy) is 2. The number of methoxy groups -OCH3 is 1. The van der Waals surface area contributed by atoms with Crippen LogP contribution in [0.3, 0.4) is 0 Å². The highest BCUT2D eigenvalue weighted by atomic mass is 16.5. The van der Waals surface area contributed by atoms with E-state index in [9.17, 15) is 0 Å². The number of likely N-dealkylation sites (tertiary alicyclic amines) is 1. The Hall–Kier alpha value is -2.73. The standard InChI is InChI=1S/C25H34N4O2/c1-26-25(27-17-19-13-16-31-24-12-6-3-9-20(19)24)28-18-22(29-14-7-8-15-29)21-10-4-5-11-23(21)30-2/h3-6,9-12,19,22H,7-8,13-18H2,1-2H3,(H2,26,27,28). The molecule has 0 spiro atoms. The van der Waals surface area contributed by atoms with Crippen LogP contribution in [-0.2, 0) is 0 Å². The zero-order valence-corrected chi connectivity index (χ0v) is 18.6. The van der Waals surface area contributed by atoms with Crippen LogP contribution in [0.25, 0.3) is 0 Å². The number of aliphatic imine (C=N–C) groups is 1. The van der Waals surface area contributed by atoms with Gasteiger partial charge < -0.3 is 20.1 Å². The molecule has 2 N–H and O–H groups in total. The maximum absolute atomic E-state index is 5.80. The molecule has 166 valence electrons. The summed E-state index contributed by atoms with van der Waals surface area (Å²) in [4.78, 5) is 7.03. The quantitative estimate of drug-likeness (QED) is 0.528. The molecule has 6 nitrogen and oxygen atoms in total. The van der Waals surface area contributed by atoms with Gasteiger partial charge in [0.05, 0.1) is 19.8 Å². The fraction of sp³-hybridized carbons (Fsp3) is 0.480. The van der Waals surface area contributed by atoms with Crippen molar-refractivity contribution in [1.82, 2.24) is 15.5 Å². The van der Waals surface area contributed by atoms with Gasteiger partial charge in [0.1, 0.15) is 11.5 Å². The number of hydrogen-bond acceptors (Lipinski definition) is 4. The number of guanidine groups is 1. The predicted molar refractivity (Wildman–Crippen MR) is 125 cm³/mol. The summed E-state index contributed by atoms with van der Waals surface area (Å²) in [7, 11) is 3.58. The van der Waals surface area contributed by atoms with Gasteiger partial charge in [-0.05, 0) is 50.0 Å². The molecule has 2 aromatic carbocycles. The van der Waals surface area contributed by atoms with Crippen molar-refractivity contribution in [2.75, 3.05) is 46.9 Å². The van der Waals surface area contributed by atoms with Crippen molar-refractivity contribution >= 4 is 5.96 Å². The molecule has 0 saturated carbocycles. The molecule has 2 aliphatic heterocycles. The monoisotopic (exact) mass is 422 g/mol. The molecule has 2 atom stereocenters. The van der Waals surface area contributed by atoms with E-state index in [2.05, 4.69) is 50.9 Å². The van der Waals surface area contributed by atoms with Gasteiger partial charge >= 0.3 is 0 Å². The molecule has 6 heteroatoms. The fourth-order valence-corrected chi connectivity index (χ4v) is 4.69. The second kappa shape index (κ2) is 10.5. The van der Waals surface area contributed by atoms with Crippen LogP contribution in [0.4, 0.5) is 0 Å². The smallest absolute Gasteiger partial charge is 0.191 e. The lowest BCUT2D eigenvalue weighted by Crippen LogP contribution is -2.44. The van der Waals surface area contributed by atoms with E-state index in [1.54, 1.807) is 7.11 Å². The summed E-state index contributed by atoms with van der Waals surface area (Å²) in [6.45, 7) is 4.62.